The molecule has 3 fully saturated rings. The first-order chi connectivity index (χ1) is 30.6. The Morgan fingerprint density at radius 2 is 1.48 bits per heavy atom. The summed E-state index contributed by atoms with van der Waals surface area (Å²) in [6.07, 6.45) is 0.0846. The molecule has 3 saturated heterocycles. The molecule has 66 heavy (non-hydrogen) atoms. The topological polar surface area (TPSA) is 168 Å². The van der Waals surface area contributed by atoms with Crippen molar-refractivity contribution < 1.29 is 66.6 Å². The summed E-state index contributed by atoms with van der Waals surface area (Å²) >= 11 is 0. The van der Waals surface area contributed by atoms with Gasteiger partial charge in [-0.05, 0) is 124 Å². The predicted octanol–water partition coefficient (Wildman–Crippen LogP) is 9.09. The summed E-state index contributed by atoms with van der Waals surface area (Å²) in [5.74, 6) is -8.60. The molecule has 0 aromatic heterocycles. The van der Waals surface area contributed by atoms with E-state index in [-0.39, 0.29) is 24.7 Å². The molecule has 1 unspecified atom stereocenters. The van der Waals surface area contributed by atoms with Gasteiger partial charge in [0.1, 0.15) is 28.8 Å². The van der Waals surface area contributed by atoms with Gasteiger partial charge in [0.05, 0.1) is 0 Å². The molecule has 0 radical (unpaired) electrons. The zero-order valence-electron chi connectivity index (χ0n) is 42.0. The summed E-state index contributed by atoms with van der Waals surface area (Å²) in [7, 11) is 0. The highest BCUT2D eigenvalue weighted by molar-refractivity contribution is 5.95. The second-order valence-electron chi connectivity index (χ2n) is 21.4. The Kier molecular flexibility index (Phi) is 18.4. The van der Waals surface area contributed by atoms with Crippen LogP contribution in [-0.4, -0.2) is 95.4 Å². The predicted molar refractivity (Wildman–Crippen MR) is 246 cm³/mol. The number of carbonyl (C=O) groups is 5. The fraction of sp³-hybridized carbons (Fsp3) is 0.712. The van der Waals surface area contributed by atoms with Gasteiger partial charge in [-0.3, -0.25) is 9.59 Å². The summed E-state index contributed by atoms with van der Waals surface area (Å²) in [5.41, 5.74) is -4.60. The Bertz CT molecular complexity index is 1860. The Balaban J connectivity index is 2.00. The Morgan fingerprint density at radius 1 is 0.864 bits per heavy atom. The third-order valence-electron chi connectivity index (χ3n) is 11.7. The average Bonchev–Trinajstić information content (AvgIpc) is 3.40. The minimum atomic E-state index is -2.64. The van der Waals surface area contributed by atoms with Crippen LogP contribution in [0.25, 0.3) is 0 Å². The summed E-state index contributed by atoms with van der Waals surface area (Å²) in [4.78, 5) is 72.0. The molecular formula is C52H78O14. The fourth-order valence-corrected chi connectivity index (χ4v) is 8.74. The maximum Gasteiger partial charge on any atom is 0.344 e. The minimum absolute atomic E-state index is 0.0126. The standard InChI is InChI=1S/C52H78O14/c1-16-32(2)30-33(3)25-26-38(54)60-44-43(61-39-24-20-21-29-58-39)51(28-27-34(4)41(59-36(6)53)35(5)31-37-22-18-17-19-23-37)62-42(46(56)64-49(10,11)12)40(45(55)63-48(7,8)9)52(44,66-51)47(57)65-50(13,14)15/h17-19,22-23,25-26,32-33,35,39-44H,4,16,20-21,24,27-31H2,1-3,5-15H3/b26-25+/t32-,33+,35+,39?,40-,41+,42-,43+,44+,51-,52-/m0/s1. The van der Waals surface area contributed by atoms with Gasteiger partial charge in [-0.25, -0.2) is 14.4 Å². The molecule has 2 bridgehead atoms. The molecule has 14 heteroatoms. The highest BCUT2D eigenvalue weighted by Crippen LogP contribution is 2.57. The first kappa shape index (κ1) is 54.5. The van der Waals surface area contributed by atoms with Gasteiger partial charge in [-0.1, -0.05) is 77.1 Å². The van der Waals surface area contributed by atoms with Crippen molar-refractivity contribution >= 4 is 29.8 Å². The first-order valence-electron chi connectivity index (χ1n) is 23.7. The molecule has 0 spiro atoms. The van der Waals surface area contributed by atoms with Crippen LogP contribution >= 0.6 is 0 Å². The van der Waals surface area contributed by atoms with Gasteiger partial charge in [0, 0.05) is 31.9 Å². The van der Waals surface area contributed by atoms with Gasteiger partial charge in [-0.15, -0.1) is 0 Å². The van der Waals surface area contributed by atoms with E-state index in [4.69, 9.17) is 42.6 Å². The van der Waals surface area contributed by atoms with E-state index in [0.717, 1.165) is 31.2 Å². The van der Waals surface area contributed by atoms with Gasteiger partial charge in [0.25, 0.3) is 0 Å². The number of ether oxygens (including phenoxy) is 9. The molecule has 1 aromatic carbocycles. The molecular weight excluding hydrogens is 849 g/mol. The van der Waals surface area contributed by atoms with E-state index < -0.39 is 94.7 Å². The minimum Gasteiger partial charge on any atom is -0.460 e. The third kappa shape index (κ3) is 14.7. The van der Waals surface area contributed by atoms with E-state index in [0.29, 0.717) is 30.9 Å². The molecule has 1 aromatic rings. The van der Waals surface area contributed by atoms with Crippen LogP contribution in [-0.2, 0) is 73.0 Å². The van der Waals surface area contributed by atoms with Crippen molar-refractivity contribution in [3.8, 4) is 0 Å². The molecule has 4 rings (SSSR count). The van der Waals surface area contributed by atoms with Crippen molar-refractivity contribution in [3.05, 3.63) is 60.2 Å². The Labute approximate surface area is 393 Å². The highest BCUT2D eigenvalue weighted by atomic mass is 16.8. The van der Waals surface area contributed by atoms with E-state index in [2.05, 4.69) is 20.4 Å². The lowest BCUT2D eigenvalue weighted by atomic mass is 9.78. The van der Waals surface area contributed by atoms with Gasteiger partial charge in [-0.2, -0.15) is 0 Å². The van der Waals surface area contributed by atoms with Crippen LogP contribution in [0.5, 0.6) is 0 Å². The maximum absolute atomic E-state index is 15.4. The zero-order chi connectivity index (χ0) is 49.4. The zero-order valence-corrected chi connectivity index (χ0v) is 42.0. The molecule has 14 nitrogen and oxygen atoms in total. The number of fused-ring (bicyclic) bond motifs is 2. The highest BCUT2D eigenvalue weighted by Gasteiger charge is 2.81. The fourth-order valence-electron chi connectivity index (χ4n) is 8.74. The quantitative estimate of drug-likeness (QED) is 0.0557. The van der Waals surface area contributed by atoms with Crippen molar-refractivity contribution in [3.63, 3.8) is 0 Å². The number of esters is 5. The molecule has 370 valence electrons. The van der Waals surface area contributed by atoms with Crippen LogP contribution in [0.1, 0.15) is 147 Å². The summed E-state index contributed by atoms with van der Waals surface area (Å²) in [5, 5.41) is 0. The third-order valence-corrected chi connectivity index (χ3v) is 11.7. The van der Waals surface area contributed by atoms with E-state index >= 15 is 4.79 Å². The number of allylic oxidation sites excluding steroid dienone is 1. The molecule has 3 heterocycles. The Hall–Kier alpha value is -4.11. The van der Waals surface area contributed by atoms with Gasteiger partial charge < -0.3 is 42.6 Å². The lowest BCUT2D eigenvalue weighted by Crippen LogP contribution is -2.68. The lowest BCUT2D eigenvalue weighted by molar-refractivity contribution is -0.357. The van der Waals surface area contributed by atoms with Crippen molar-refractivity contribution in [2.75, 3.05) is 6.61 Å². The smallest absolute Gasteiger partial charge is 0.344 e. The lowest BCUT2D eigenvalue weighted by Gasteiger charge is -2.47. The molecule has 3 aliphatic heterocycles. The Morgan fingerprint density at radius 3 is 2.05 bits per heavy atom. The van der Waals surface area contributed by atoms with Crippen LogP contribution in [0, 0.1) is 23.7 Å². The van der Waals surface area contributed by atoms with Crippen molar-refractivity contribution in [1.82, 2.24) is 0 Å². The second-order valence-corrected chi connectivity index (χ2v) is 21.4. The normalized spacial score (nSPS) is 27.5. The summed E-state index contributed by atoms with van der Waals surface area (Å²) < 4.78 is 57.2. The second kappa shape index (κ2) is 22.3. The van der Waals surface area contributed by atoms with E-state index in [9.17, 15) is 19.2 Å². The number of carbonyl (C=O) groups excluding carboxylic acids is 5. The molecule has 0 aliphatic carbocycles. The first-order valence-corrected chi connectivity index (χ1v) is 23.7. The van der Waals surface area contributed by atoms with Crippen LogP contribution in [0.4, 0.5) is 0 Å². The number of benzene rings is 1. The number of hydrogen-bond donors (Lipinski definition) is 0. The number of rotatable bonds is 19. The average molecular weight is 927 g/mol. The maximum atomic E-state index is 15.4. The molecule has 0 saturated carbocycles. The van der Waals surface area contributed by atoms with Gasteiger partial charge >= 0.3 is 29.8 Å². The summed E-state index contributed by atoms with van der Waals surface area (Å²) in [6.45, 7) is 29.0. The number of hydrogen-bond acceptors (Lipinski definition) is 14. The van der Waals surface area contributed by atoms with Crippen molar-refractivity contribution in [1.29, 1.82) is 0 Å². The van der Waals surface area contributed by atoms with E-state index in [1.54, 1.807) is 68.4 Å². The molecule has 3 aliphatic rings. The molecule has 11 atom stereocenters. The SMILES string of the molecule is C=C(CC[C@]12O[C@H](C(=O)OC(C)(C)C)[C@@H](C(=O)OC(C)(C)C)[C@](C(=O)OC(C)(C)C)(O1)[C@H](OC(=O)/C=C/[C@@H](C)C[C@@H](C)CC)[C@H]2OC1CCCCO1)[C@@H](OC(C)=O)[C@H](C)Cc1ccccc1. The van der Waals surface area contributed by atoms with Crippen LogP contribution in [0.15, 0.2) is 54.6 Å². The van der Waals surface area contributed by atoms with E-state index in [1.165, 1.54) is 13.0 Å². The monoisotopic (exact) mass is 927 g/mol. The summed E-state index contributed by atoms with van der Waals surface area (Å²) in [6, 6.07) is 9.75. The van der Waals surface area contributed by atoms with Crippen LogP contribution in [0.2, 0.25) is 0 Å². The van der Waals surface area contributed by atoms with Gasteiger partial charge in [0.15, 0.2) is 24.6 Å². The molecule has 0 N–H and O–H groups in total. The van der Waals surface area contributed by atoms with Crippen LogP contribution < -0.4 is 0 Å². The van der Waals surface area contributed by atoms with Crippen molar-refractivity contribution in [2.45, 2.75) is 207 Å². The van der Waals surface area contributed by atoms with Gasteiger partial charge in [0.2, 0.25) is 11.4 Å². The van der Waals surface area contributed by atoms with Crippen LogP contribution in [0.3, 0.4) is 0 Å². The largest absolute Gasteiger partial charge is 0.460 e. The van der Waals surface area contributed by atoms with E-state index in [1.807, 2.05) is 44.2 Å². The molecule has 0 amide bonds. The van der Waals surface area contributed by atoms with Crippen molar-refractivity contribution in [2.24, 2.45) is 23.7 Å².